The van der Waals surface area contributed by atoms with Gasteiger partial charge in [-0.25, -0.2) is 0 Å². The number of aryl methyl sites for hydroxylation is 4. The number of hydrogen-bond donors (Lipinski definition) is 1. The van der Waals surface area contributed by atoms with E-state index in [1.807, 2.05) is 19.3 Å². The second-order valence-electron chi connectivity index (χ2n) is 12.6. The Morgan fingerprint density at radius 1 is 0.689 bits per heavy atom. The number of aliphatic imine (C=N–C) groups is 1. The fourth-order valence-electron chi connectivity index (χ4n) is 6.33. The average Bonchev–Trinajstić information content (AvgIpc) is 3.99. The van der Waals surface area contributed by atoms with Crippen molar-refractivity contribution >= 4 is 79.9 Å². The number of fused-ring (bicyclic) bond motifs is 4. The first-order valence-electron chi connectivity index (χ1n) is 17.3. The Bertz CT molecular complexity index is 2750. The summed E-state index contributed by atoms with van der Waals surface area (Å²) in [4.78, 5) is 35.5. The lowest BCUT2D eigenvalue weighted by Crippen LogP contribution is -1.98. The highest BCUT2D eigenvalue weighted by molar-refractivity contribution is 5.93. The molecular formula is C44H55N11O6. The maximum Gasteiger partial charge on any atom is 0.304 e. The Hall–Kier alpha value is -7.82. The molecule has 0 atom stereocenters. The number of anilines is 1. The number of hydrogen-bond acceptors (Lipinski definition) is 11. The van der Waals surface area contributed by atoms with Crippen LogP contribution in [-0.2, 0) is 34.1 Å². The van der Waals surface area contributed by atoms with Crippen LogP contribution in [0.2, 0.25) is 0 Å². The molecule has 0 amide bonds. The quantitative estimate of drug-likeness (QED) is 0.0908. The van der Waals surface area contributed by atoms with Crippen LogP contribution in [0.5, 0.6) is 0 Å². The third-order valence-electron chi connectivity index (χ3n) is 9.05. The molecule has 17 heteroatoms. The fraction of sp³-hybridized carbons (Fsp3) is 0.227. The van der Waals surface area contributed by atoms with Gasteiger partial charge in [0.05, 0.1) is 55.5 Å². The van der Waals surface area contributed by atoms with Crippen molar-refractivity contribution in [3.63, 3.8) is 0 Å². The largest absolute Gasteiger partial charge is 0.397 e. The zero-order valence-electron chi connectivity index (χ0n) is 31.7. The minimum absolute atomic E-state index is 0. The summed E-state index contributed by atoms with van der Waals surface area (Å²) in [6.45, 7) is 13.2. The number of rotatable bonds is 7. The molecule has 2 N–H and O–H groups in total. The van der Waals surface area contributed by atoms with E-state index in [-0.39, 0.29) is 51.7 Å². The topological polar surface area (TPSA) is 221 Å². The standard InChI is InChI=1S/2C10H9N3O2.C10H13N3.C10H8N2O2.4CH4/c1-3-7-4-5-8-6-12(2)11-9(8)10(7)13(14)15;1-3-7-4-5-8-6-11-12(2)9(8)10(7)13(14)15;1-3-7-4-5-8-6-13(2)12-10(8)9(7)11;1-2-7-3-4-8-5-11-6-9(8)10(7)12(13)14;;;;/h2*3-6H,1H2,2H3;4-6H,3,11H2,1-2H3;2-5H,1,6H2;4*1H4. The van der Waals surface area contributed by atoms with E-state index >= 15 is 0 Å². The van der Waals surface area contributed by atoms with Crippen molar-refractivity contribution in [2.45, 2.75) is 49.6 Å². The van der Waals surface area contributed by atoms with Gasteiger partial charge in [-0.15, -0.1) is 0 Å². The lowest BCUT2D eigenvalue weighted by Gasteiger charge is -2.02. The number of aromatic nitrogens is 6. The van der Waals surface area contributed by atoms with E-state index in [0.29, 0.717) is 39.8 Å². The van der Waals surface area contributed by atoms with Crippen molar-refractivity contribution in [2.75, 3.05) is 5.73 Å². The Kier molecular flexibility index (Phi) is 18.3. The average molecular weight is 834 g/mol. The highest BCUT2D eigenvalue weighted by Crippen LogP contribution is 2.32. The van der Waals surface area contributed by atoms with E-state index in [0.717, 1.165) is 39.3 Å². The molecule has 8 rings (SSSR count). The maximum atomic E-state index is 11.0. The molecule has 4 aromatic carbocycles. The van der Waals surface area contributed by atoms with Gasteiger partial charge in [0.25, 0.3) is 5.69 Å². The molecule has 0 spiro atoms. The van der Waals surface area contributed by atoms with Gasteiger partial charge in [-0.2, -0.15) is 15.3 Å². The molecule has 0 saturated heterocycles. The zero-order valence-corrected chi connectivity index (χ0v) is 31.7. The van der Waals surface area contributed by atoms with Crippen LogP contribution in [0.3, 0.4) is 0 Å². The van der Waals surface area contributed by atoms with Crippen molar-refractivity contribution in [1.29, 1.82) is 0 Å². The summed E-state index contributed by atoms with van der Waals surface area (Å²) in [5.41, 5.74) is 13.1. The number of nitro groups is 3. The van der Waals surface area contributed by atoms with E-state index in [2.05, 4.69) is 59.1 Å². The van der Waals surface area contributed by atoms with Gasteiger partial charge in [0.15, 0.2) is 5.52 Å². The SMILES string of the molecule is C.C.C.C.C=Cc1ccc2c(c1[N+](=O)[O-])CN=C2.C=Cc1ccc2cn(C)nc2c1[N+](=O)[O-].C=Cc1ccc2cnn(C)c2c1[N+](=O)[O-].CCc1ccc2cn(C)nc2c1N. The summed E-state index contributed by atoms with van der Waals surface area (Å²) in [6, 6.07) is 14.6. The molecule has 7 aromatic rings. The molecule has 0 saturated carbocycles. The number of benzene rings is 4. The monoisotopic (exact) mass is 833 g/mol. The molecule has 0 aliphatic carbocycles. The van der Waals surface area contributed by atoms with E-state index < -0.39 is 9.85 Å². The van der Waals surface area contributed by atoms with Gasteiger partial charge in [0, 0.05) is 61.5 Å². The Morgan fingerprint density at radius 2 is 1.16 bits per heavy atom. The molecule has 61 heavy (non-hydrogen) atoms. The van der Waals surface area contributed by atoms with Crippen molar-refractivity contribution in [3.8, 4) is 0 Å². The molecule has 1 aliphatic rings. The predicted molar refractivity (Wildman–Crippen MR) is 251 cm³/mol. The Labute approximate surface area is 355 Å². The van der Waals surface area contributed by atoms with Crippen LogP contribution in [0, 0.1) is 30.3 Å². The van der Waals surface area contributed by atoms with E-state index in [9.17, 15) is 30.3 Å². The van der Waals surface area contributed by atoms with Crippen LogP contribution in [0.15, 0.2) is 91.9 Å². The van der Waals surface area contributed by atoms with Crippen LogP contribution in [0.1, 0.15) is 70.0 Å². The molecule has 17 nitrogen and oxygen atoms in total. The molecular weight excluding hydrogens is 779 g/mol. The lowest BCUT2D eigenvalue weighted by atomic mass is 10.0. The van der Waals surface area contributed by atoms with Crippen molar-refractivity contribution in [1.82, 2.24) is 29.3 Å². The second-order valence-corrected chi connectivity index (χ2v) is 12.6. The normalized spacial score (nSPS) is 10.4. The fourth-order valence-corrected chi connectivity index (χ4v) is 6.33. The summed E-state index contributed by atoms with van der Waals surface area (Å²) < 4.78 is 4.85. The van der Waals surface area contributed by atoms with E-state index in [4.69, 9.17) is 5.73 Å². The van der Waals surface area contributed by atoms with Crippen LogP contribution < -0.4 is 5.73 Å². The van der Waals surface area contributed by atoms with Crippen LogP contribution in [0.25, 0.3) is 50.9 Å². The maximum absolute atomic E-state index is 11.0. The van der Waals surface area contributed by atoms with Gasteiger partial charge in [0.2, 0.25) is 0 Å². The van der Waals surface area contributed by atoms with Crippen LogP contribution in [0.4, 0.5) is 22.7 Å². The van der Waals surface area contributed by atoms with Crippen molar-refractivity contribution < 1.29 is 14.8 Å². The lowest BCUT2D eigenvalue weighted by molar-refractivity contribution is -0.385. The van der Waals surface area contributed by atoms with Crippen LogP contribution >= 0.6 is 0 Å². The van der Waals surface area contributed by atoms with Crippen LogP contribution in [-0.4, -0.2) is 50.3 Å². The van der Waals surface area contributed by atoms with Gasteiger partial charge in [-0.05, 0) is 30.2 Å². The predicted octanol–water partition coefficient (Wildman–Crippen LogP) is 10.7. The molecule has 0 unspecified atom stereocenters. The molecule has 1 aliphatic heterocycles. The Morgan fingerprint density at radius 3 is 1.70 bits per heavy atom. The first kappa shape index (κ1) is 51.2. The van der Waals surface area contributed by atoms with Crippen molar-refractivity contribution in [3.05, 3.63) is 151 Å². The van der Waals surface area contributed by atoms with Gasteiger partial charge < -0.3 is 5.73 Å². The molecule has 0 radical (unpaired) electrons. The first-order valence-corrected chi connectivity index (χ1v) is 17.3. The summed E-state index contributed by atoms with van der Waals surface area (Å²) in [5.74, 6) is 0. The zero-order chi connectivity index (χ0) is 41.6. The molecule has 322 valence electrons. The molecule has 0 bridgehead atoms. The number of nitrogens with two attached hydrogens (primary N) is 1. The van der Waals surface area contributed by atoms with Gasteiger partial charge in [0.1, 0.15) is 11.0 Å². The minimum Gasteiger partial charge on any atom is -0.397 e. The number of nitrogen functional groups attached to an aromatic ring is 1. The van der Waals surface area contributed by atoms with E-state index in [1.165, 1.54) is 28.5 Å². The minimum atomic E-state index is -0.424. The van der Waals surface area contributed by atoms with Gasteiger partial charge in [-0.3, -0.25) is 49.4 Å². The highest BCUT2D eigenvalue weighted by atomic mass is 16.6. The summed E-state index contributed by atoms with van der Waals surface area (Å²) >= 11 is 0. The Balaban J connectivity index is 0.000000398. The van der Waals surface area contributed by atoms with Crippen molar-refractivity contribution in [2.24, 2.45) is 26.1 Å². The third kappa shape index (κ3) is 10.6. The summed E-state index contributed by atoms with van der Waals surface area (Å²) in [5, 5.41) is 47.7. The second kappa shape index (κ2) is 21.8. The first-order chi connectivity index (χ1) is 27.2. The van der Waals surface area contributed by atoms with Gasteiger partial charge in [-0.1, -0.05) is 105 Å². The number of nitro benzene ring substituents is 3. The molecule has 3 aromatic heterocycles. The highest BCUT2D eigenvalue weighted by Gasteiger charge is 2.23. The smallest absolute Gasteiger partial charge is 0.304 e. The summed E-state index contributed by atoms with van der Waals surface area (Å²) in [7, 11) is 5.32. The third-order valence-corrected chi connectivity index (χ3v) is 9.05. The number of nitrogens with zero attached hydrogens (tertiary/aromatic N) is 10. The molecule has 4 heterocycles. The summed E-state index contributed by atoms with van der Waals surface area (Å²) in [6.07, 6.45) is 12.4. The van der Waals surface area contributed by atoms with E-state index in [1.54, 1.807) is 72.4 Å². The molecule has 0 fully saturated rings. The van der Waals surface area contributed by atoms with Gasteiger partial charge >= 0.3 is 11.4 Å².